The summed E-state index contributed by atoms with van der Waals surface area (Å²) in [7, 11) is 0. The van der Waals surface area contributed by atoms with Crippen LogP contribution in [0.1, 0.15) is 5.56 Å². The number of nitrogens with zero attached hydrogens (tertiary/aromatic N) is 1. The van der Waals surface area contributed by atoms with Gasteiger partial charge in [-0.1, -0.05) is 11.6 Å². The van der Waals surface area contributed by atoms with Crippen LogP contribution in [0.5, 0.6) is 0 Å². The molecule has 1 nitrogen and oxygen atoms in total. The smallest absolute Gasteiger partial charge is 0.115 e. The predicted molar refractivity (Wildman–Crippen MR) is 45.8 cm³/mol. The average molecular weight is 174 g/mol. The van der Waals surface area contributed by atoms with Crippen molar-refractivity contribution in [1.29, 1.82) is 0 Å². The highest BCUT2D eigenvalue weighted by Crippen LogP contribution is 2.24. The molecular formula is C7H8ClNS. The summed E-state index contributed by atoms with van der Waals surface area (Å²) >= 11 is 7.48. The third-order valence-electron chi connectivity index (χ3n) is 1.24. The van der Waals surface area contributed by atoms with Crippen molar-refractivity contribution in [3.05, 3.63) is 22.8 Å². The van der Waals surface area contributed by atoms with Crippen LogP contribution in [-0.2, 0) is 0 Å². The minimum absolute atomic E-state index is 0.773. The first-order chi connectivity index (χ1) is 4.75. The fourth-order valence-corrected chi connectivity index (χ4v) is 1.51. The van der Waals surface area contributed by atoms with Crippen molar-refractivity contribution in [2.24, 2.45) is 0 Å². The Morgan fingerprint density at radius 2 is 2.30 bits per heavy atom. The summed E-state index contributed by atoms with van der Waals surface area (Å²) in [4.78, 5) is 4.09. The summed E-state index contributed by atoms with van der Waals surface area (Å²) in [6, 6.07) is 1.90. The van der Waals surface area contributed by atoms with E-state index >= 15 is 0 Å². The van der Waals surface area contributed by atoms with Crippen LogP contribution in [0.4, 0.5) is 0 Å². The summed E-state index contributed by atoms with van der Waals surface area (Å²) < 4.78 is 0. The molecule has 0 amide bonds. The SMILES string of the molecule is CSc1nccc(C)c1Cl. The van der Waals surface area contributed by atoms with Crippen molar-refractivity contribution in [1.82, 2.24) is 4.98 Å². The molecule has 0 atom stereocenters. The molecule has 3 heteroatoms. The van der Waals surface area contributed by atoms with Crippen LogP contribution < -0.4 is 0 Å². The van der Waals surface area contributed by atoms with Gasteiger partial charge in [0.05, 0.1) is 5.02 Å². The molecule has 0 saturated heterocycles. The van der Waals surface area contributed by atoms with E-state index in [1.807, 2.05) is 19.2 Å². The fraction of sp³-hybridized carbons (Fsp3) is 0.286. The Morgan fingerprint density at radius 3 is 2.80 bits per heavy atom. The van der Waals surface area contributed by atoms with Crippen molar-refractivity contribution < 1.29 is 0 Å². The number of rotatable bonds is 1. The van der Waals surface area contributed by atoms with Crippen LogP contribution in [0.25, 0.3) is 0 Å². The third-order valence-corrected chi connectivity index (χ3v) is 2.53. The van der Waals surface area contributed by atoms with Crippen molar-refractivity contribution in [3.63, 3.8) is 0 Å². The number of thioether (sulfide) groups is 1. The first-order valence-electron chi connectivity index (χ1n) is 2.91. The molecule has 1 heterocycles. The Hall–Kier alpha value is -0.210. The van der Waals surface area contributed by atoms with Crippen LogP contribution in [-0.4, -0.2) is 11.2 Å². The molecule has 0 radical (unpaired) electrons. The largest absolute Gasteiger partial charge is 0.248 e. The quantitative estimate of drug-likeness (QED) is 0.606. The van der Waals surface area contributed by atoms with Gasteiger partial charge in [-0.15, -0.1) is 11.8 Å². The zero-order chi connectivity index (χ0) is 7.56. The molecule has 0 aromatic carbocycles. The van der Waals surface area contributed by atoms with E-state index in [9.17, 15) is 0 Å². The molecule has 0 bridgehead atoms. The highest BCUT2D eigenvalue weighted by Gasteiger charge is 2.00. The van der Waals surface area contributed by atoms with Crippen LogP contribution >= 0.6 is 23.4 Å². The standard InChI is InChI=1S/C7H8ClNS/c1-5-3-4-9-7(10-2)6(5)8/h3-4H,1-2H3. The van der Waals surface area contributed by atoms with Crippen molar-refractivity contribution in [2.45, 2.75) is 11.9 Å². The molecule has 10 heavy (non-hydrogen) atoms. The molecule has 0 aliphatic rings. The van der Waals surface area contributed by atoms with Crippen LogP contribution in [0.2, 0.25) is 5.02 Å². The lowest BCUT2D eigenvalue weighted by Gasteiger charge is -2.00. The van der Waals surface area contributed by atoms with E-state index in [1.165, 1.54) is 0 Å². The number of hydrogen-bond donors (Lipinski definition) is 0. The van der Waals surface area contributed by atoms with Gasteiger partial charge < -0.3 is 0 Å². The van der Waals surface area contributed by atoms with E-state index in [2.05, 4.69) is 4.98 Å². The molecule has 0 saturated carbocycles. The van der Waals surface area contributed by atoms with Gasteiger partial charge in [-0.05, 0) is 24.8 Å². The summed E-state index contributed by atoms with van der Waals surface area (Å²) in [5, 5.41) is 1.68. The highest BCUT2D eigenvalue weighted by molar-refractivity contribution is 7.98. The third kappa shape index (κ3) is 1.44. The van der Waals surface area contributed by atoms with Crippen molar-refractivity contribution in [3.8, 4) is 0 Å². The molecule has 0 fully saturated rings. The van der Waals surface area contributed by atoms with Gasteiger partial charge in [-0.25, -0.2) is 4.98 Å². The zero-order valence-corrected chi connectivity index (χ0v) is 7.46. The van der Waals surface area contributed by atoms with Gasteiger partial charge >= 0.3 is 0 Å². The number of aromatic nitrogens is 1. The Balaban J connectivity index is 3.14. The normalized spacial score (nSPS) is 9.90. The summed E-state index contributed by atoms with van der Waals surface area (Å²) in [6.45, 7) is 1.98. The van der Waals surface area contributed by atoms with Gasteiger partial charge in [-0.2, -0.15) is 0 Å². The molecule has 0 aliphatic carbocycles. The monoisotopic (exact) mass is 173 g/mol. The number of pyridine rings is 1. The number of halogens is 1. The minimum atomic E-state index is 0.773. The summed E-state index contributed by atoms with van der Waals surface area (Å²) in [5.74, 6) is 0. The van der Waals surface area contributed by atoms with Gasteiger partial charge in [0.15, 0.2) is 0 Å². The lowest BCUT2D eigenvalue weighted by Crippen LogP contribution is -1.82. The van der Waals surface area contributed by atoms with Crippen LogP contribution in [0, 0.1) is 6.92 Å². The van der Waals surface area contributed by atoms with Gasteiger partial charge in [0.2, 0.25) is 0 Å². The zero-order valence-electron chi connectivity index (χ0n) is 5.89. The van der Waals surface area contributed by atoms with E-state index in [1.54, 1.807) is 18.0 Å². The minimum Gasteiger partial charge on any atom is -0.248 e. The number of aryl methyl sites for hydroxylation is 1. The fourth-order valence-electron chi connectivity index (χ4n) is 0.658. The van der Waals surface area contributed by atoms with Crippen molar-refractivity contribution >= 4 is 23.4 Å². The molecule has 0 aliphatic heterocycles. The summed E-state index contributed by atoms with van der Waals surface area (Å²) in [6.07, 6.45) is 3.74. The second-order valence-electron chi connectivity index (χ2n) is 1.95. The molecule has 0 unspecified atom stereocenters. The lowest BCUT2D eigenvalue weighted by atomic mass is 10.3. The predicted octanol–water partition coefficient (Wildman–Crippen LogP) is 2.77. The first kappa shape index (κ1) is 7.89. The van der Waals surface area contributed by atoms with E-state index in [-0.39, 0.29) is 0 Å². The molecule has 1 rings (SSSR count). The second-order valence-corrected chi connectivity index (χ2v) is 3.12. The Kier molecular flexibility index (Phi) is 2.57. The van der Waals surface area contributed by atoms with E-state index in [0.29, 0.717) is 0 Å². The van der Waals surface area contributed by atoms with Gasteiger partial charge in [0.1, 0.15) is 5.03 Å². The summed E-state index contributed by atoms with van der Waals surface area (Å²) in [5.41, 5.74) is 1.08. The molecule has 54 valence electrons. The molecule has 0 spiro atoms. The first-order valence-corrected chi connectivity index (χ1v) is 4.51. The maximum atomic E-state index is 5.91. The lowest BCUT2D eigenvalue weighted by molar-refractivity contribution is 1.12. The van der Waals surface area contributed by atoms with Gasteiger partial charge in [-0.3, -0.25) is 0 Å². The van der Waals surface area contributed by atoms with Crippen LogP contribution in [0.15, 0.2) is 17.3 Å². The van der Waals surface area contributed by atoms with Crippen LogP contribution in [0.3, 0.4) is 0 Å². The maximum absolute atomic E-state index is 5.91. The Morgan fingerprint density at radius 1 is 1.60 bits per heavy atom. The molecule has 1 aromatic rings. The molecule has 1 aromatic heterocycles. The number of hydrogen-bond acceptors (Lipinski definition) is 2. The molecule has 0 N–H and O–H groups in total. The van der Waals surface area contributed by atoms with E-state index < -0.39 is 0 Å². The van der Waals surface area contributed by atoms with E-state index in [4.69, 9.17) is 11.6 Å². The van der Waals surface area contributed by atoms with Gasteiger partial charge in [0.25, 0.3) is 0 Å². The second kappa shape index (κ2) is 3.26. The topological polar surface area (TPSA) is 12.9 Å². The average Bonchev–Trinajstić information content (AvgIpc) is 1.95. The van der Waals surface area contributed by atoms with Crippen molar-refractivity contribution in [2.75, 3.05) is 6.26 Å². The van der Waals surface area contributed by atoms with E-state index in [0.717, 1.165) is 15.6 Å². The molecular weight excluding hydrogens is 166 g/mol. The Bertz CT molecular complexity index is 237. The Labute approximate surface area is 69.8 Å². The highest BCUT2D eigenvalue weighted by atomic mass is 35.5. The van der Waals surface area contributed by atoms with Gasteiger partial charge in [0, 0.05) is 6.20 Å². The maximum Gasteiger partial charge on any atom is 0.115 e.